The van der Waals surface area contributed by atoms with Gasteiger partial charge in [-0.15, -0.1) is 0 Å². The van der Waals surface area contributed by atoms with Gasteiger partial charge in [0.25, 0.3) is 5.91 Å². The molecule has 0 spiro atoms. The number of hydrazine groups is 1. The minimum Gasteiger partial charge on any atom is -0.487 e. The van der Waals surface area contributed by atoms with E-state index in [9.17, 15) is 14.7 Å². The van der Waals surface area contributed by atoms with Crippen molar-refractivity contribution in [1.29, 1.82) is 0 Å². The number of hydrogen-bond donors (Lipinski definition) is 4. The molecule has 1 amide bonds. The number of nitrogens with one attached hydrogen (secondary N) is 3. The van der Waals surface area contributed by atoms with Crippen molar-refractivity contribution in [2.24, 2.45) is 0 Å². The van der Waals surface area contributed by atoms with E-state index in [1.165, 1.54) is 0 Å². The van der Waals surface area contributed by atoms with Crippen LogP contribution in [0.4, 0.5) is 0 Å². The van der Waals surface area contributed by atoms with E-state index < -0.39 is 17.9 Å². The van der Waals surface area contributed by atoms with Gasteiger partial charge in [-0.25, -0.2) is 10.2 Å². The van der Waals surface area contributed by atoms with Crippen LogP contribution in [0.15, 0.2) is 72.9 Å². The van der Waals surface area contributed by atoms with Crippen LogP contribution >= 0.6 is 0 Å². The number of aliphatic carboxylic acids is 1. The molecule has 2 aromatic carbocycles. The Morgan fingerprint density at radius 2 is 1.91 bits per heavy atom. The van der Waals surface area contributed by atoms with E-state index in [0.717, 1.165) is 29.8 Å². The van der Waals surface area contributed by atoms with Crippen LogP contribution in [0.3, 0.4) is 0 Å². The lowest BCUT2D eigenvalue weighted by Crippen LogP contribution is -2.42. The van der Waals surface area contributed by atoms with Crippen LogP contribution in [0, 0.1) is 0 Å². The Hall–Kier alpha value is -3.75. The SMILES string of the molecule is O=C(N[C@@H](Cc1ccccc1)C(=O)O)c1cccc(COc2ccc(C3CCNN3)nc2)c1. The van der Waals surface area contributed by atoms with Crippen LogP contribution in [0.2, 0.25) is 0 Å². The summed E-state index contributed by atoms with van der Waals surface area (Å²) in [6, 6.07) is 19.2. The van der Waals surface area contributed by atoms with Gasteiger partial charge < -0.3 is 15.2 Å². The topological polar surface area (TPSA) is 113 Å². The minimum absolute atomic E-state index is 0.200. The van der Waals surface area contributed by atoms with Crippen molar-refractivity contribution >= 4 is 11.9 Å². The van der Waals surface area contributed by atoms with Gasteiger partial charge >= 0.3 is 5.97 Å². The highest BCUT2D eigenvalue weighted by Gasteiger charge is 2.21. The summed E-state index contributed by atoms with van der Waals surface area (Å²) in [6.45, 7) is 1.17. The van der Waals surface area contributed by atoms with Crippen molar-refractivity contribution in [3.8, 4) is 5.75 Å². The second kappa shape index (κ2) is 10.7. The molecule has 1 unspecified atom stereocenters. The average Bonchev–Trinajstić information content (AvgIpc) is 3.38. The Balaban J connectivity index is 1.35. The average molecular weight is 447 g/mol. The highest BCUT2D eigenvalue weighted by molar-refractivity contribution is 5.96. The molecule has 0 bridgehead atoms. The van der Waals surface area contributed by atoms with Crippen molar-refractivity contribution < 1.29 is 19.4 Å². The number of nitrogens with zero attached hydrogens (tertiary/aromatic N) is 1. The van der Waals surface area contributed by atoms with Crippen LogP contribution in [-0.4, -0.2) is 34.6 Å². The van der Waals surface area contributed by atoms with Crippen LogP contribution in [0.5, 0.6) is 5.75 Å². The summed E-state index contributed by atoms with van der Waals surface area (Å²) in [5.41, 5.74) is 9.23. The zero-order valence-corrected chi connectivity index (χ0v) is 18.0. The van der Waals surface area contributed by atoms with E-state index >= 15 is 0 Å². The molecule has 33 heavy (non-hydrogen) atoms. The molecule has 8 nitrogen and oxygen atoms in total. The number of carbonyl (C=O) groups is 2. The second-order valence-corrected chi connectivity index (χ2v) is 7.87. The Bertz CT molecular complexity index is 1080. The van der Waals surface area contributed by atoms with E-state index in [4.69, 9.17) is 4.74 Å². The number of ether oxygens (including phenoxy) is 1. The maximum atomic E-state index is 12.7. The molecule has 3 aromatic rings. The Morgan fingerprint density at radius 3 is 2.61 bits per heavy atom. The van der Waals surface area contributed by atoms with Gasteiger partial charge in [0.1, 0.15) is 18.4 Å². The summed E-state index contributed by atoms with van der Waals surface area (Å²) in [7, 11) is 0. The van der Waals surface area contributed by atoms with E-state index in [1.54, 1.807) is 24.4 Å². The number of carbonyl (C=O) groups excluding carboxylic acids is 1. The van der Waals surface area contributed by atoms with Crippen LogP contribution in [0.1, 0.15) is 39.6 Å². The first-order valence-corrected chi connectivity index (χ1v) is 10.8. The molecule has 8 heteroatoms. The number of carboxylic acid groups (broad SMARTS) is 1. The number of benzene rings is 2. The van der Waals surface area contributed by atoms with Crippen molar-refractivity contribution in [2.45, 2.75) is 31.5 Å². The number of hydrogen-bond acceptors (Lipinski definition) is 6. The lowest BCUT2D eigenvalue weighted by molar-refractivity contribution is -0.139. The van der Waals surface area contributed by atoms with Gasteiger partial charge in [-0.2, -0.15) is 0 Å². The summed E-state index contributed by atoms with van der Waals surface area (Å²) >= 11 is 0. The highest BCUT2D eigenvalue weighted by atomic mass is 16.5. The fraction of sp³-hybridized carbons (Fsp3) is 0.240. The number of rotatable bonds is 9. The third-order valence-electron chi connectivity index (χ3n) is 5.43. The maximum absolute atomic E-state index is 12.7. The molecule has 2 heterocycles. The van der Waals surface area contributed by atoms with Gasteiger partial charge in [0.15, 0.2) is 0 Å². The Kier molecular flexibility index (Phi) is 7.29. The molecule has 1 fully saturated rings. The fourth-order valence-electron chi connectivity index (χ4n) is 3.65. The second-order valence-electron chi connectivity index (χ2n) is 7.87. The normalized spacial score (nSPS) is 16.2. The molecule has 4 rings (SSSR count). The minimum atomic E-state index is -1.08. The first kappa shape index (κ1) is 22.4. The molecule has 1 aliphatic heterocycles. The Morgan fingerprint density at radius 1 is 1.09 bits per heavy atom. The number of aromatic nitrogens is 1. The van der Waals surface area contributed by atoms with Crippen LogP contribution < -0.4 is 20.9 Å². The molecule has 0 aliphatic carbocycles. The van der Waals surface area contributed by atoms with Crippen LogP contribution in [-0.2, 0) is 17.8 Å². The first-order chi connectivity index (χ1) is 16.1. The number of amides is 1. The van der Waals surface area contributed by atoms with Gasteiger partial charge in [0.2, 0.25) is 0 Å². The summed E-state index contributed by atoms with van der Waals surface area (Å²) in [5, 5.41) is 12.2. The number of carboxylic acids is 1. The van der Waals surface area contributed by atoms with E-state index in [-0.39, 0.29) is 19.1 Å². The largest absolute Gasteiger partial charge is 0.487 e. The molecule has 4 N–H and O–H groups in total. The first-order valence-electron chi connectivity index (χ1n) is 10.8. The van der Waals surface area contributed by atoms with Crippen molar-refractivity contribution in [1.82, 2.24) is 21.2 Å². The van der Waals surface area contributed by atoms with Gasteiger partial charge in [-0.05, 0) is 41.8 Å². The predicted molar refractivity (Wildman–Crippen MR) is 123 cm³/mol. The zero-order valence-electron chi connectivity index (χ0n) is 18.0. The van der Waals surface area contributed by atoms with Crippen molar-refractivity contribution in [2.75, 3.05) is 6.54 Å². The highest BCUT2D eigenvalue weighted by Crippen LogP contribution is 2.19. The summed E-state index contributed by atoms with van der Waals surface area (Å²) < 4.78 is 5.82. The third kappa shape index (κ3) is 6.15. The molecular formula is C25H26N4O4. The molecule has 0 saturated carbocycles. The maximum Gasteiger partial charge on any atom is 0.326 e. The molecule has 170 valence electrons. The number of pyridine rings is 1. The van der Waals surface area contributed by atoms with Crippen molar-refractivity contribution in [3.05, 3.63) is 95.3 Å². The fourth-order valence-corrected chi connectivity index (χ4v) is 3.65. The molecule has 1 saturated heterocycles. The summed E-state index contributed by atoms with van der Waals surface area (Å²) in [5.74, 6) is -0.886. The van der Waals surface area contributed by atoms with Crippen molar-refractivity contribution in [3.63, 3.8) is 0 Å². The third-order valence-corrected chi connectivity index (χ3v) is 5.43. The monoisotopic (exact) mass is 446 g/mol. The van der Waals surface area contributed by atoms with E-state index in [0.29, 0.717) is 11.3 Å². The molecule has 1 aliphatic rings. The molecule has 0 radical (unpaired) electrons. The van der Waals surface area contributed by atoms with Gasteiger partial charge in [-0.3, -0.25) is 15.2 Å². The van der Waals surface area contributed by atoms with E-state index in [2.05, 4.69) is 21.2 Å². The Labute approximate surface area is 192 Å². The predicted octanol–water partition coefficient (Wildman–Crippen LogP) is 2.63. The van der Waals surface area contributed by atoms with Crippen LogP contribution in [0.25, 0.3) is 0 Å². The lowest BCUT2D eigenvalue weighted by atomic mass is 10.0. The quantitative estimate of drug-likeness (QED) is 0.400. The molecular weight excluding hydrogens is 420 g/mol. The lowest BCUT2D eigenvalue weighted by Gasteiger charge is -2.15. The molecule has 2 atom stereocenters. The van der Waals surface area contributed by atoms with Gasteiger partial charge in [0.05, 0.1) is 17.9 Å². The summed E-state index contributed by atoms with van der Waals surface area (Å²) in [4.78, 5) is 28.8. The summed E-state index contributed by atoms with van der Waals surface area (Å²) in [6.07, 6.45) is 2.88. The van der Waals surface area contributed by atoms with E-state index in [1.807, 2.05) is 48.5 Å². The zero-order chi connectivity index (χ0) is 23.0. The molecule has 1 aromatic heterocycles. The smallest absolute Gasteiger partial charge is 0.326 e. The van der Waals surface area contributed by atoms with Gasteiger partial charge in [-0.1, -0.05) is 42.5 Å². The standard InChI is InChI=1S/C25H26N4O4/c30-24(28-23(25(31)32)14-17-5-2-1-3-6-17)19-8-4-7-18(13-19)16-33-20-9-10-21(26-15-20)22-11-12-27-29-22/h1-10,13,15,22-23,27,29H,11-12,14,16H2,(H,28,30)(H,31,32)/t22?,23-/m0/s1. The van der Waals surface area contributed by atoms with Gasteiger partial charge in [0, 0.05) is 18.5 Å².